The van der Waals surface area contributed by atoms with Crippen molar-refractivity contribution < 1.29 is 22.4 Å². The van der Waals surface area contributed by atoms with Gasteiger partial charge in [-0.25, -0.2) is 0 Å². The largest absolute Gasteiger partial charge is 0.348 e. The lowest BCUT2D eigenvalue weighted by atomic mass is 10.1. The fourth-order valence-corrected chi connectivity index (χ4v) is 2.53. The molecule has 0 bridgehead atoms. The zero-order valence-electron chi connectivity index (χ0n) is 9.15. The molecule has 17 heavy (non-hydrogen) atoms. The molecule has 0 radical (unpaired) electrons. The van der Waals surface area contributed by atoms with Gasteiger partial charge in [0.05, 0.1) is 19.0 Å². The molecule has 0 unspecified atom stereocenters. The van der Waals surface area contributed by atoms with Gasteiger partial charge in [0.25, 0.3) is 10.1 Å². The maximum atomic E-state index is 10.7. The molecule has 0 atom stereocenters. The molecule has 2 rings (SSSR count). The number of hydrogen-bond donors (Lipinski definition) is 1. The molecule has 5 nitrogen and oxygen atoms in total. The first-order chi connectivity index (χ1) is 8.04. The van der Waals surface area contributed by atoms with Crippen molar-refractivity contribution in [3.05, 3.63) is 35.9 Å². The minimum absolute atomic E-state index is 0.263. The van der Waals surface area contributed by atoms with E-state index in [1.165, 1.54) is 0 Å². The van der Waals surface area contributed by atoms with Gasteiger partial charge in [0, 0.05) is 11.5 Å². The van der Waals surface area contributed by atoms with Gasteiger partial charge in [-0.3, -0.25) is 4.55 Å². The van der Waals surface area contributed by atoms with Crippen molar-refractivity contribution in [2.45, 2.75) is 6.29 Å². The normalized spacial score (nSPS) is 25.7. The molecule has 1 aromatic rings. The Morgan fingerprint density at radius 1 is 1.18 bits per heavy atom. The molecule has 0 spiro atoms. The zero-order chi connectivity index (χ0) is 12.3. The zero-order valence-corrected chi connectivity index (χ0v) is 9.97. The van der Waals surface area contributed by atoms with Crippen molar-refractivity contribution in [2.24, 2.45) is 5.92 Å². The van der Waals surface area contributed by atoms with E-state index in [0.717, 1.165) is 5.56 Å². The molecule has 6 heteroatoms. The predicted molar refractivity (Wildman–Crippen MR) is 61.0 cm³/mol. The molecule has 0 saturated carbocycles. The fraction of sp³-hybridized carbons (Fsp3) is 0.455. The van der Waals surface area contributed by atoms with E-state index in [0.29, 0.717) is 0 Å². The minimum atomic E-state index is -3.97. The summed E-state index contributed by atoms with van der Waals surface area (Å²) in [6, 6.07) is 9.42. The van der Waals surface area contributed by atoms with Gasteiger partial charge in [-0.05, 0) is 0 Å². The lowest BCUT2D eigenvalue weighted by molar-refractivity contribution is -0.201. The Balaban J connectivity index is 1.91. The van der Waals surface area contributed by atoms with Crippen LogP contribution >= 0.6 is 0 Å². The van der Waals surface area contributed by atoms with Crippen LogP contribution in [0.1, 0.15) is 11.9 Å². The average molecular weight is 258 g/mol. The van der Waals surface area contributed by atoms with Crippen molar-refractivity contribution in [2.75, 3.05) is 19.0 Å². The third kappa shape index (κ3) is 3.78. The standard InChI is InChI=1S/C11H14O5S/c12-17(13,14)8-9-6-15-11(16-7-9)10-4-2-1-3-5-10/h1-5,9,11H,6-8H2,(H,12,13,14). The molecule has 1 heterocycles. The van der Waals surface area contributed by atoms with Crippen LogP contribution < -0.4 is 0 Å². The molecule has 0 aromatic heterocycles. The lowest BCUT2D eigenvalue weighted by Crippen LogP contribution is -2.31. The van der Waals surface area contributed by atoms with E-state index in [-0.39, 0.29) is 24.9 Å². The minimum Gasteiger partial charge on any atom is -0.348 e. The maximum Gasteiger partial charge on any atom is 0.265 e. The van der Waals surface area contributed by atoms with Gasteiger partial charge in [0.2, 0.25) is 0 Å². The fourth-order valence-electron chi connectivity index (χ4n) is 1.74. The first-order valence-corrected chi connectivity index (χ1v) is 6.89. The van der Waals surface area contributed by atoms with Crippen LogP contribution in [0, 0.1) is 5.92 Å². The van der Waals surface area contributed by atoms with Crippen molar-refractivity contribution in [1.29, 1.82) is 0 Å². The Labute approximate surface area is 100 Å². The molecular formula is C11H14O5S. The van der Waals surface area contributed by atoms with E-state index < -0.39 is 16.4 Å². The highest BCUT2D eigenvalue weighted by Gasteiger charge is 2.26. The van der Waals surface area contributed by atoms with Gasteiger partial charge in [0.1, 0.15) is 0 Å². The van der Waals surface area contributed by atoms with Crippen molar-refractivity contribution in [3.8, 4) is 0 Å². The lowest BCUT2D eigenvalue weighted by Gasteiger charge is -2.28. The van der Waals surface area contributed by atoms with Crippen molar-refractivity contribution in [1.82, 2.24) is 0 Å². The molecule has 0 aliphatic carbocycles. The molecule has 1 aromatic carbocycles. The van der Waals surface area contributed by atoms with Crippen LogP contribution in [0.15, 0.2) is 30.3 Å². The SMILES string of the molecule is O=S(=O)(O)CC1COC(c2ccccc2)OC1. The van der Waals surface area contributed by atoms with Gasteiger partial charge in [0.15, 0.2) is 6.29 Å². The Morgan fingerprint density at radius 2 is 1.76 bits per heavy atom. The molecule has 1 N–H and O–H groups in total. The van der Waals surface area contributed by atoms with Gasteiger partial charge in [-0.1, -0.05) is 30.3 Å². The van der Waals surface area contributed by atoms with E-state index in [1.54, 1.807) is 0 Å². The molecule has 1 saturated heterocycles. The van der Waals surface area contributed by atoms with E-state index in [4.69, 9.17) is 14.0 Å². The number of benzene rings is 1. The van der Waals surface area contributed by atoms with E-state index in [2.05, 4.69) is 0 Å². The highest BCUT2D eigenvalue weighted by atomic mass is 32.2. The van der Waals surface area contributed by atoms with Gasteiger partial charge >= 0.3 is 0 Å². The highest BCUT2D eigenvalue weighted by Crippen LogP contribution is 2.25. The third-order valence-corrected chi connectivity index (χ3v) is 3.38. The van der Waals surface area contributed by atoms with E-state index in [9.17, 15) is 8.42 Å². The summed E-state index contributed by atoms with van der Waals surface area (Å²) in [4.78, 5) is 0. The first-order valence-electron chi connectivity index (χ1n) is 5.28. The maximum absolute atomic E-state index is 10.7. The summed E-state index contributed by atoms with van der Waals surface area (Å²) in [7, 11) is -3.97. The topological polar surface area (TPSA) is 72.8 Å². The predicted octanol–water partition coefficient (Wildman–Crippen LogP) is 1.24. The van der Waals surface area contributed by atoms with E-state index in [1.807, 2.05) is 30.3 Å². The smallest absolute Gasteiger partial charge is 0.265 e. The highest BCUT2D eigenvalue weighted by molar-refractivity contribution is 7.85. The van der Waals surface area contributed by atoms with Crippen LogP contribution in [0.4, 0.5) is 0 Å². The molecule has 1 fully saturated rings. The van der Waals surface area contributed by atoms with Gasteiger partial charge in [-0.15, -0.1) is 0 Å². The van der Waals surface area contributed by atoms with Crippen LogP contribution in [-0.2, 0) is 19.6 Å². The van der Waals surface area contributed by atoms with Gasteiger partial charge in [-0.2, -0.15) is 8.42 Å². The molecule has 94 valence electrons. The first kappa shape index (κ1) is 12.5. The molecule has 1 aliphatic heterocycles. The number of hydrogen-bond acceptors (Lipinski definition) is 4. The molecular weight excluding hydrogens is 244 g/mol. The van der Waals surface area contributed by atoms with Crippen LogP contribution in [0.25, 0.3) is 0 Å². The summed E-state index contributed by atoms with van der Waals surface area (Å²) in [6.45, 7) is 0.526. The summed E-state index contributed by atoms with van der Waals surface area (Å²) in [6.07, 6.45) is -0.450. The second kappa shape index (κ2) is 5.14. The monoisotopic (exact) mass is 258 g/mol. The summed E-state index contributed by atoms with van der Waals surface area (Å²) >= 11 is 0. The summed E-state index contributed by atoms with van der Waals surface area (Å²) in [5.41, 5.74) is 0.901. The Hall–Kier alpha value is -0.950. The van der Waals surface area contributed by atoms with E-state index >= 15 is 0 Å². The Bertz CT molecular complexity index is 448. The quantitative estimate of drug-likeness (QED) is 0.826. The third-order valence-electron chi connectivity index (χ3n) is 2.48. The summed E-state index contributed by atoms with van der Waals surface area (Å²) < 4.78 is 41.0. The summed E-state index contributed by atoms with van der Waals surface area (Å²) in [5, 5.41) is 0. The van der Waals surface area contributed by atoms with Crippen LogP contribution in [0.3, 0.4) is 0 Å². The van der Waals surface area contributed by atoms with Crippen molar-refractivity contribution >= 4 is 10.1 Å². The van der Waals surface area contributed by atoms with Crippen molar-refractivity contribution in [3.63, 3.8) is 0 Å². The average Bonchev–Trinajstić information content (AvgIpc) is 2.29. The molecule has 0 amide bonds. The number of rotatable bonds is 3. The Morgan fingerprint density at radius 3 is 2.29 bits per heavy atom. The Kier molecular flexibility index (Phi) is 3.78. The molecule has 1 aliphatic rings. The summed E-state index contributed by atoms with van der Waals surface area (Å²) in [5.74, 6) is -0.640. The van der Waals surface area contributed by atoms with Crippen LogP contribution in [0.2, 0.25) is 0 Å². The number of ether oxygens (including phenoxy) is 2. The van der Waals surface area contributed by atoms with Crippen LogP contribution in [-0.4, -0.2) is 31.9 Å². The second-order valence-electron chi connectivity index (χ2n) is 4.02. The van der Waals surface area contributed by atoms with Crippen LogP contribution in [0.5, 0.6) is 0 Å². The second-order valence-corrected chi connectivity index (χ2v) is 5.52. The van der Waals surface area contributed by atoms with Gasteiger partial charge < -0.3 is 9.47 Å².